The molecule has 3 N–H and O–H groups in total. The average molecular weight is 1410 g/mol. The van der Waals surface area contributed by atoms with Crippen LogP contribution in [0.1, 0.15) is 401 Å². The molecule has 3 unspecified atom stereocenters. The van der Waals surface area contributed by atoms with Crippen LogP contribution in [-0.2, 0) is 65.4 Å². The average Bonchev–Trinajstić information content (AvgIpc) is 3.70. The third kappa shape index (κ3) is 69.2. The molecular weight excluding hydrogens is 1260 g/mol. The molecule has 0 amide bonds. The van der Waals surface area contributed by atoms with Crippen molar-refractivity contribution in [2.75, 3.05) is 39.6 Å². The van der Waals surface area contributed by atoms with Crippen molar-refractivity contribution in [3.05, 3.63) is 0 Å². The maximum Gasteiger partial charge on any atom is 0.472 e. The van der Waals surface area contributed by atoms with Crippen LogP contribution in [0, 0.1) is 11.8 Å². The topological polar surface area (TPSA) is 237 Å². The van der Waals surface area contributed by atoms with Crippen molar-refractivity contribution >= 4 is 39.5 Å². The van der Waals surface area contributed by atoms with E-state index in [2.05, 4.69) is 41.5 Å². The van der Waals surface area contributed by atoms with Crippen molar-refractivity contribution in [3.63, 3.8) is 0 Å². The number of hydrogen-bond donors (Lipinski definition) is 3. The van der Waals surface area contributed by atoms with Gasteiger partial charge in [-0.1, -0.05) is 350 Å². The second-order valence-corrected chi connectivity index (χ2v) is 31.4. The third-order valence-electron chi connectivity index (χ3n) is 18.3. The van der Waals surface area contributed by atoms with Crippen LogP contribution >= 0.6 is 15.6 Å². The summed E-state index contributed by atoms with van der Waals surface area (Å²) in [5.74, 6) is -0.493. The molecular formula is C77H150O17P2. The zero-order valence-corrected chi connectivity index (χ0v) is 64.5. The number of phosphoric ester groups is 2. The van der Waals surface area contributed by atoms with Crippen molar-refractivity contribution < 1.29 is 80.2 Å². The second kappa shape index (κ2) is 68.8. The van der Waals surface area contributed by atoms with E-state index in [-0.39, 0.29) is 25.7 Å². The van der Waals surface area contributed by atoms with Gasteiger partial charge in [0.05, 0.1) is 26.4 Å². The molecule has 0 aromatic rings. The summed E-state index contributed by atoms with van der Waals surface area (Å²) >= 11 is 0. The zero-order valence-electron chi connectivity index (χ0n) is 62.7. The molecule has 0 radical (unpaired) electrons. The normalized spacial score (nSPS) is 14.3. The molecule has 96 heavy (non-hydrogen) atoms. The van der Waals surface area contributed by atoms with Gasteiger partial charge in [0, 0.05) is 25.7 Å². The summed E-state index contributed by atoms with van der Waals surface area (Å²) in [6, 6.07) is 0. The SMILES string of the molecule is CCCCCCCCCCCCCCC(=O)O[C@H](COC(=O)CCCCCCCCCCCCC)COP(=O)(O)OC[C@H](O)COP(=O)(O)OC[C@@H](COC(=O)CCCCCCCCCCCCC(C)CC)OC(=O)CCCCCCCCCCCCCCCCCCC(C)C. The Balaban J connectivity index is 5.24. The lowest BCUT2D eigenvalue weighted by Crippen LogP contribution is -2.30. The Morgan fingerprint density at radius 3 is 0.792 bits per heavy atom. The first-order valence-corrected chi connectivity index (χ1v) is 43.0. The summed E-state index contributed by atoms with van der Waals surface area (Å²) in [4.78, 5) is 72.8. The van der Waals surface area contributed by atoms with Gasteiger partial charge < -0.3 is 33.8 Å². The number of phosphoric acid groups is 2. The highest BCUT2D eigenvalue weighted by Gasteiger charge is 2.30. The van der Waals surface area contributed by atoms with Crippen LogP contribution in [0.3, 0.4) is 0 Å². The molecule has 17 nitrogen and oxygen atoms in total. The van der Waals surface area contributed by atoms with Gasteiger partial charge in [-0.05, 0) is 37.5 Å². The fourth-order valence-electron chi connectivity index (χ4n) is 11.8. The summed E-state index contributed by atoms with van der Waals surface area (Å²) in [5.41, 5.74) is 0. The number of aliphatic hydroxyl groups excluding tert-OH is 1. The predicted molar refractivity (Wildman–Crippen MR) is 391 cm³/mol. The number of aliphatic hydroxyl groups is 1. The summed E-state index contributed by atoms with van der Waals surface area (Å²) in [6.45, 7) is 9.66. The molecule has 0 saturated heterocycles. The molecule has 0 spiro atoms. The molecule has 0 rings (SSSR count). The molecule has 0 aromatic carbocycles. The van der Waals surface area contributed by atoms with Crippen molar-refractivity contribution in [1.29, 1.82) is 0 Å². The highest BCUT2D eigenvalue weighted by Crippen LogP contribution is 2.45. The Hall–Kier alpha value is -1.94. The maximum absolute atomic E-state index is 13.1. The molecule has 0 aliphatic heterocycles. The van der Waals surface area contributed by atoms with Gasteiger partial charge in [0.1, 0.15) is 19.3 Å². The molecule has 19 heteroatoms. The van der Waals surface area contributed by atoms with E-state index in [9.17, 15) is 43.2 Å². The van der Waals surface area contributed by atoms with Crippen LogP contribution in [0.15, 0.2) is 0 Å². The first kappa shape index (κ1) is 94.1. The minimum atomic E-state index is -4.96. The fraction of sp³-hybridized carbons (Fsp3) is 0.948. The van der Waals surface area contributed by atoms with Gasteiger partial charge in [0.25, 0.3) is 0 Å². The number of hydrogen-bond acceptors (Lipinski definition) is 15. The van der Waals surface area contributed by atoms with Gasteiger partial charge in [-0.15, -0.1) is 0 Å². The number of rotatable bonds is 76. The number of carbonyl (C=O) groups excluding carboxylic acids is 4. The van der Waals surface area contributed by atoms with Crippen LogP contribution < -0.4 is 0 Å². The van der Waals surface area contributed by atoms with Gasteiger partial charge in [-0.25, -0.2) is 9.13 Å². The van der Waals surface area contributed by atoms with E-state index in [0.29, 0.717) is 25.7 Å². The van der Waals surface area contributed by atoms with E-state index in [1.54, 1.807) is 0 Å². The highest BCUT2D eigenvalue weighted by atomic mass is 31.2. The maximum atomic E-state index is 13.1. The smallest absolute Gasteiger partial charge is 0.462 e. The van der Waals surface area contributed by atoms with Crippen LogP contribution in [0.2, 0.25) is 0 Å². The Morgan fingerprint density at radius 2 is 0.531 bits per heavy atom. The van der Waals surface area contributed by atoms with Crippen molar-refractivity contribution in [1.82, 2.24) is 0 Å². The molecule has 0 bridgehead atoms. The van der Waals surface area contributed by atoms with E-state index >= 15 is 0 Å². The Bertz CT molecular complexity index is 1860. The zero-order chi connectivity index (χ0) is 70.7. The van der Waals surface area contributed by atoms with Gasteiger partial charge >= 0.3 is 39.5 Å². The number of unbranched alkanes of at least 4 members (excludes halogenated alkanes) is 45. The minimum absolute atomic E-state index is 0.108. The highest BCUT2D eigenvalue weighted by molar-refractivity contribution is 7.47. The summed E-state index contributed by atoms with van der Waals surface area (Å²) < 4.78 is 68.6. The van der Waals surface area contributed by atoms with Gasteiger partial charge in [-0.2, -0.15) is 0 Å². The first-order chi connectivity index (χ1) is 46.4. The van der Waals surface area contributed by atoms with Gasteiger partial charge in [0.2, 0.25) is 0 Å². The van der Waals surface area contributed by atoms with Crippen LogP contribution in [-0.4, -0.2) is 96.7 Å². The van der Waals surface area contributed by atoms with Crippen molar-refractivity contribution in [2.45, 2.75) is 419 Å². The Morgan fingerprint density at radius 1 is 0.302 bits per heavy atom. The number of ether oxygens (including phenoxy) is 4. The van der Waals surface area contributed by atoms with Crippen molar-refractivity contribution in [2.24, 2.45) is 11.8 Å². The third-order valence-corrected chi connectivity index (χ3v) is 20.2. The minimum Gasteiger partial charge on any atom is -0.462 e. The molecule has 0 aromatic heterocycles. The van der Waals surface area contributed by atoms with Crippen LogP contribution in [0.5, 0.6) is 0 Å². The summed E-state index contributed by atoms with van der Waals surface area (Å²) in [7, 11) is -9.91. The lowest BCUT2D eigenvalue weighted by Gasteiger charge is -2.21. The van der Waals surface area contributed by atoms with Crippen LogP contribution in [0.25, 0.3) is 0 Å². The molecule has 0 fully saturated rings. The molecule has 570 valence electrons. The molecule has 0 heterocycles. The Labute approximate surface area is 588 Å². The standard InChI is InChI=1S/C77H150O17P2/c1-7-10-12-14-16-18-20-29-37-43-49-55-61-76(81)93-72(65-87-74(79)59-53-47-41-35-27-19-17-15-13-11-8-2)67-91-95(83,84)89-63-71(78)64-90-96(85,86)92-68-73(66-88-75(80)60-54-48-42-36-32-31-34-40-46-52-58-70(6)9-3)94-77(82)62-56-50-44-38-30-26-24-22-21-23-25-28-33-39-45-51-57-69(4)5/h69-73,78H,7-68H2,1-6H3,(H,83,84)(H,85,86)/t70?,71-,72+,73+/m0/s1. The molecule has 0 aliphatic rings. The van der Waals surface area contributed by atoms with E-state index in [0.717, 1.165) is 102 Å². The van der Waals surface area contributed by atoms with E-state index < -0.39 is 97.5 Å². The quantitative estimate of drug-likeness (QED) is 0.0222. The lowest BCUT2D eigenvalue weighted by molar-refractivity contribution is -0.161. The van der Waals surface area contributed by atoms with E-state index in [1.807, 2.05) is 0 Å². The Kier molecular flexibility index (Phi) is 67.4. The predicted octanol–water partition coefficient (Wildman–Crippen LogP) is 22.7. The van der Waals surface area contributed by atoms with E-state index in [4.69, 9.17) is 37.0 Å². The summed E-state index contributed by atoms with van der Waals surface area (Å²) in [6.07, 6.45) is 56.7. The van der Waals surface area contributed by atoms with Gasteiger partial charge in [0.15, 0.2) is 12.2 Å². The monoisotopic (exact) mass is 1410 g/mol. The second-order valence-electron chi connectivity index (χ2n) is 28.5. The lowest BCUT2D eigenvalue weighted by atomic mass is 9.99. The number of esters is 4. The molecule has 0 saturated carbocycles. The van der Waals surface area contributed by atoms with Crippen LogP contribution in [0.4, 0.5) is 0 Å². The fourth-order valence-corrected chi connectivity index (χ4v) is 13.4. The molecule has 6 atom stereocenters. The van der Waals surface area contributed by atoms with E-state index in [1.165, 1.54) is 218 Å². The summed E-state index contributed by atoms with van der Waals surface area (Å²) in [5, 5.41) is 10.6. The first-order valence-electron chi connectivity index (χ1n) is 40.0. The van der Waals surface area contributed by atoms with Gasteiger partial charge in [-0.3, -0.25) is 37.3 Å². The molecule has 0 aliphatic carbocycles. The van der Waals surface area contributed by atoms with Crippen molar-refractivity contribution in [3.8, 4) is 0 Å². The largest absolute Gasteiger partial charge is 0.472 e. The number of carbonyl (C=O) groups is 4.